The van der Waals surface area contributed by atoms with E-state index in [9.17, 15) is 17.6 Å². The monoisotopic (exact) mass is 447 g/mol. The third kappa shape index (κ3) is 4.73. The highest BCUT2D eigenvalue weighted by atomic mass is 32.2. The zero-order valence-corrected chi connectivity index (χ0v) is 18.0. The second kappa shape index (κ2) is 9.33. The Morgan fingerprint density at radius 2 is 1.68 bits per heavy atom. The number of hydrogen-bond donors (Lipinski definition) is 1. The highest BCUT2D eigenvalue weighted by molar-refractivity contribution is 7.89. The van der Waals surface area contributed by atoms with Gasteiger partial charge in [-0.25, -0.2) is 12.8 Å². The molecule has 0 spiro atoms. The van der Waals surface area contributed by atoms with Crippen LogP contribution in [0.4, 0.5) is 15.8 Å². The van der Waals surface area contributed by atoms with Crippen molar-refractivity contribution in [3.8, 4) is 0 Å². The number of piperidine rings is 1. The minimum Gasteiger partial charge on any atom is -0.378 e. The van der Waals surface area contributed by atoms with E-state index in [0.717, 1.165) is 19.3 Å². The van der Waals surface area contributed by atoms with Crippen LogP contribution in [0.5, 0.6) is 0 Å². The Labute approximate surface area is 181 Å². The summed E-state index contributed by atoms with van der Waals surface area (Å²) in [5.41, 5.74) is 0.929. The van der Waals surface area contributed by atoms with E-state index in [4.69, 9.17) is 4.74 Å². The Morgan fingerprint density at radius 3 is 2.39 bits per heavy atom. The average Bonchev–Trinajstić information content (AvgIpc) is 2.80. The molecule has 2 aliphatic rings. The fourth-order valence-corrected chi connectivity index (χ4v) is 5.49. The van der Waals surface area contributed by atoms with Crippen LogP contribution in [0.2, 0.25) is 0 Å². The van der Waals surface area contributed by atoms with Crippen molar-refractivity contribution in [1.82, 2.24) is 4.31 Å². The van der Waals surface area contributed by atoms with Crippen LogP contribution in [0.25, 0.3) is 0 Å². The van der Waals surface area contributed by atoms with Crippen molar-refractivity contribution in [3.63, 3.8) is 0 Å². The molecule has 0 bridgehead atoms. The maximum atomic E-state index is 14.1. The molecule has 166 valence electrons. The van der Waals surface area contributed by atoms with Crippen LogP contribution >= 0.6 is 0 Å². The van der Waals surface area contributed by atoms with E-state index < -0.39 is 21.7 Å². The number of rotatable bonds is 5. The number of ether oxygens (including phenoxy) is 1. The minimum atomic E-state index is -3.68. The van der Waals surface area contributed by atoms with E-state index in [-0.39, 0.29) is 10.5 Å². The van der Waals surface area contributed by atoms with Gasteiger partial charge in [-0.15, -0.1) is 0 Å². The Morgan fingerprint density at radius 1 is 0.968 bits per heavy atom. The molecule has 2 heterocycles. The summed E-state index contributed by atoms with van der Waals surface area (Å²) in [4.78, 5) is 14.9. The summed E-state index contributed by atoms with van der Waals surface area (Å²) < 4.78 is 47.3. The van der Waals surface area contributed by atoms with Gasteiger partial charge in [-0.2, -0.15) is 4.31 Å². The summed E-state index contributed by atoms with van der Waals surface area (Å²) in [6.07, 6.45) is 2.69. The van der Waals surface area contributed by atoms with Crippen molar-refractivity contribution < 1.29 is 22.3 Å². The number of carbonyl (C=O) groups is 1. The first-order chi connectivity index (χ1) is 15.0. The molecule has 31 heavy (non-hydrogen) atoms. The van der Waals surface area contributed by atoms with Crippen molar-refractivity contribution in [1.29, 1.82) is 0 Å². The van der Waals surface area contributed by atoms with Gasteiger partial charge in [0, 0.05) is 26.2 Å². The standard InChI is InChI=1S/C22H26FN3O4S/c23-19-7-3-2-6-18(19)22(27)24-20-16-17(31(28,29)26-10-4-1-5-11-26)8-9-21(20)25-12-14-30-15-13-25/h2-3,6-9,16H,1,4-5,10-15H2,(H,24,27). The first kappa shape index (κ1) is 21.7. The molecule has 2 aromatic rings. The Bertz CT molecular complexity index is 1050. The van der Waals surface area contributed by atoms with Gasteiger partial charge in [0.1, 0.15) is 5.82 Å². The first-order valence-corrected chi connectivity index (χ1v) is 11.9. The molecule has 0 unspecified atom stereocenters. The molecule has 0 atom stereocenters. The Hall–Kier alpha value is -2.49. The Balaban J connectivity index is 1.69. The van der Waals surface area contributed by atoms with Gasteiger partial charge in [0.25, 0.3) is 5.91 Å². The molecule has 0 aliphatic carbocycles. The van der Waals surface area contributed by atoms with Crippen molar-refractivity contribution in [2.24, 2.45) is 0 Å². The van der Waals surface area contributed by atoms with Crippen LogP contribution in [0.1, 0.15) is 29.6 Å². The summed E-state index contributed by atoms with van der Waals surface area (Å²) in [6.45, 7) is 3.28. The molecule has 1 N–H and O–H groups in total. The van der Waals surface area contributed by atoms with Crippen molar-refractivity contribution >= 4 is 27.3 Å². The predicted molar refractivity (Wildman–Crippen MR) is 116 cm³/mol. The van der Waals surface area contributed by atoms with E-state index in [1.54, 1.807) is 18.2 Å². The minimum absolute atomic E-state index is 0.0975. The topological polar surface area (TPSA) is 79.0 Å². The summed E-state index contributed by atoms with van der Waals surface area (Å²) in [5.74, 6) is -1.26. The van der Waals surface area contributed by atoms with Gasteiger partial charge in [-0.1, -0.05) is 18.6 Å². The number of halogens is 1. The molecule has 2 aromatic carbocycles. The maximum absolute atomic E-state index is 14.1. The SMILES string of the molecule is O=C(Nc1cc(S(=O)(=O)N2CCCCC2)ccc1N1CCOCC1)c1ccccc1F. The van der Waals surface area contributed by atoms with Gasteiger partial charge in [0.15, 0.2) is 0 Å². The van der Waals surface area contributed by atoms with Crippen molar-refractivity contribution in [2.45, 2.75) is 24.2 Å². The molecular formula is C22H26FN3O4S. The third-order valence-electron chi connectivity index (χ3n) is 5.64. The summed E-state index contributed by atoms with van der Waals surface area (Å²) >= 11 is 0. The summed E-state index contributed by atoms with van der Waals surface area (Å²) in [5, 5.41) is 2.74. The third-order valence-corrected chi connectivity index (χ3v) is 7.53. The lowest BCUT2D eigenvalue weighted by atomic mass is 10.1. The molecule has 2 fully saturated rings. The second-order valence-corrected chi connectivity index (χ2v) is 9.62. The van der Waals surface area contributed by atoms with Crippen LogP contribution < -0.4 is 10.2 Å². The Kier molecular flexibility index (Phi) is 6.54. The zero-order chi connectivity index (χ0) is 21.8. The summed E-state index contributed by atoms with van der Waals surface area (Å²) in [6, 6.07) is 10.5. The van der Waals surface area contributed by atoms with E-state index >= 15 is 0 Å². The molecule has 1 amide bonds. The molecular weight excluding hydrogens is 421 g/mol. The number of amides is 1. The quantitative estimate of drug-likeness (QED) is 0.762. The molecule has 4 rings (SSSR count). The zero-order valence-electron chi connectivity index (χ0n) is 17.2. The molecule has 0 radical (unpaired) electrons. The molecule has 9 heteroatoms. The number of benzene rings is 2. The summed E-state index contributed by atoms with van der Waals surface area (Å²) in [7, 11) is -3.68. The van der Waals surface area contributed by atoms with E-state index in [0.29, 0.717) is 50.8 Å². The maximum Gasteiger partial charge on any atom is 0.258 e. The van der Waals surface area contributed by atoms with Crippen LogP contribution in [0, 0.1) is 5.82 Å². The van der Waals surface area contributed by atoms with Gasteiger partial charge >= 0.3 is 0 Å². The number of morpholine rings is 1. The normalized spacial score (nSPS) is 18.0. The number of sulfonamides is 1. The largest absolute Gasteiger partial charge is 0.378 e. The van der Waals surface area contributed by atoms with Gasteiger partial charge in [0.05, 0.1) is 35.0 Å². The molecule has 2 aliphatic heterocycles. The number of nitrogens with one attached hydrogen (secondary N) is 1. The predicted octanol–water partition coefficient (Wildman–Crippen LogP) is 3.09. The van der Waals surface area contributed by atoms with Crippen molar-refractivity contribution in [3.05, 3.63) is 53.8 Å². The molecule has 0 aromatic heterocycles. The van der Waals surface area contributed by atoms with E-state index in [1.165, 1.54) is 28.6 Å². The molecule has 7 nitrogen and oxygen atoms in total. The van der Waals surface area contributed by atoms with Gasteiger partial charge in [-0.3, -0.25) is 4.79 Å². The number of carbonyl (C=O) groups excluding carboxylic acids is 1. The smallest absolute Gasteiger partial charge is 0.258 e. The number of hydrogen-bond acceptors (Lipinski definition) is 5. The first-order valence-electron chi connectivity index (χ1n) is 10.5. The highest BCUT2D eigenvalue weighted by Gasteiger charge is 2.28. The lowest BCUT2D eigenvalue weighted by molar-refractivity contribution is 0.102. The fourth-order valence-electron chi connectivity index (χ4n) is 3.95. The fraction of sp³-hybridized carbons (Fsp3) is 0.409. The van der Waals surface area contributed by atoms with Gasteiger partial charge in [-0.05, 0) is 43.2 Å². The van der Waals surface area contributed by atoms with Crippen LogP contribution in [-0.2, 0) is 14.8 Å². The van der Waals surface area contributed by atoms with Crippen LogP contribution in [0.3, 0.4) is 0 Å². The van der Waals surface area contributed by atoms with Crippen LogP contribution in [-0.4, -0.2) is 58.0 Å². The molecule has 0 saturated carbocycles. The van der Waals surface area contributed by atoms with E-state index in [2.05, 4.69) is 5.32 Å². The van der Waals surface area contributed by atoms with Crippen LogP contribution in [0.15, 0.2) is 47.4 Å². The highest BCUT2D eigenvalue weighted by Crippen LogP contribution is 2.32. The molecule has 2 saturated heterocycles. The lowest BCUT2D eigenvalue weighted by Gasteiger charge is -2.31. The number of anilines is 2. The number of nitrogens with zero attached hydrogens (tertiary/aromatic N) is 2. The van der Waals surface area contributed by atoms with Gasteiger partial charge < -0.3 is 15.0 Å². The van der Waals surface area contributed by atoms with E-state index in [1.807, 2.05) is 4.90 Å². The lowest BCUT2D eigenvalue weighted by Crippen LogP contribution is -2.37. The average molecular weight is 448 g/mol. The van der Waals surface area contributed by atoms with Crippen molar-refractivity contribution in [2.75, 3.05) is 49.6 Å². The van der Waals surface area contributed by atoms with Gasteiger partial charge in [0.2, 0.25) is 10.0 Å². The second-order valence-electron chi connectivity index (χ2n) is 7.68.